The van der Waals surface area contributed by atoms with Crippen LogP contribution in [0.3, 0.4) is 0 Å². The molecule has 4 heteroatoms. The monoisotopic (exact) mass is 225 g/mol. The zero-order valence-corrected chi connectivity index (χ0v) is 10.3. The van der Waals surface area contributed by atoms with Gasteiger partial charge >= 0.3 is 6.09 Å². The number of fused-ring (bicyclic) bond motifs is 1. The number of piperidine rings is 1. The van der Waals surface area contributed by atoms with Gasteiger partial charge in [0.15, 0.2) is 0 Å². The number of amides is 1. The lowest BCUT2D eigenvalue weighted by molar-refractivity contribution is -0.119. The molecule has 0 aromatic heterocycles. The first-order valence-electron chi connectivity index (χ1n) is 5.78. The maximum atomic E-state index is 11.7. The van der Waals surface area contributed by atoms with Crippen molar-refractivity contribution >= 4 is 11.9 Å². The molecule has 90 valence electrons. The largest absolute Gasteiger partial charge is 0.444 e. The number of nitrogens with zero attached hydrogens (tertiary/aromatic N) is 1. The Morgan fingerprint density at radius 3 is 2.06 bits per heavy atom. The van der Waals surface area contributed by atoms with Crippen molar-refractivity contribution in [2.24, 2.45) is 17.8 Å². The fourth-order valence-corrected chi connectivity index (χ4v) is 2.60. The first kappa shape index (κ1) is 11.4. The topological polar surface area (TPSA) is 46.6 Å². The Morgan fingerprint density at radius 1 is 1.19 bits per heavy atom. The van der Waals surface area contributed by atoms with E-state index in [1.54, 1.807) is 11.8 Å². The van der Waals surface area contributed by atoms with E-state index in [9.17, 15) is 9.59 Å². The van der Waals surface area contributed by atoms with Crippen LogP contribution in [0.25, 0.3) is 0 Å². The summed E-state index contributed by atoms with van der Waals surface area (Å²) in [6, 6.07) is 0. The molecule has 0 unspecified atom stereocenters. The molecule has 2 aliphatic rings. The van der Waals surface area contributed by atoms with E-state index in [-0.39, 0.29) is 17.8 Å². The molecule has 1 amide bonds. The van der Waals surface area contributed by atoms with Crippen LogP contribution in [0.5, 0.6) is 0 Å². The Bertz CT molecular complexity index is 320. The van der Waals surface area contributed by atoms with Crippen LogP contribution in [0.15, 0.2) is 0 Å². The predicted octanol–water partition coefficient (Wildman–Crippen LogP) is 1.69. The number of likely N-dealkylation sites (tertiary alicyclic amines) is 1. The van der Waals surface area contributed by atoms with Crippen molar-refractivity contribution in [2.45, 2.75) is 33.3 Å². The standard InChI is InChI=1S/C12H19NO3/c1-7(14)10-8-5-13(6-9(8)10)11(15)16-12(2,3)4/h8-10H,5-6H2,1-4H3/t8-,9-/m0/s1. The van der Waals surface area contributed by atoms with Crippen molar-refractivity contribution in [3.05, 3.63) is 0 Å². The van der Waals surface area contributed by atoms with Crippen LogP contribution in [0.4, 0.5) is 4.79 Å². The Morgan fingerprint density at radius 2 is 1.69 bits per heavy atom. The average molecular weight is 225 g/mol. The molecule has 1 saturated heterocycles. The highest BCUT2D eigenvalue weighted by Gasteiger charge is 2.59. The predicted molar refractivity (Wildman–Crippen MR) is 59.0 cm³/mol. The highest BCUT2D eigenvalue weighted by Crippen LogP contribution is 2.52. The lowest BCUT2D eigenvalue weighted by Gasteiger charge is -2.25. The summed E-state index contributed by atoms with van der Waals surface area (Å²) >= 11 is 0. The molecule has 1 heterocycles. The van der Waals surface area contributed by atoms with Gasteiger partial charge in [-0.2, -0.15) is 0 Å². The van der Waals surface area contributed by atoms with Crippen LogP contribution < -0.4 is 0 Å². The Labute approximate surface area is 95.9 Å². The molecule has 0 aromatic carbocycles. The SMILES string of the molecule is CC(=O)C1[C@H]2CN(C(=O)OC(C)(C)C)C[C@H]12. The molecular formula is C12H19NO3. The van der Waals surface area contributed by atoms with Gasteiger partial charge < -0.3 is 9.64 Å². The third kappa shape index (κ3) is 2.06. The molecular weight excluding hydrogens is 206 g/mol. The van der Waals surface area contributed by atoms with Crippen LogP contribution in [-0.4, -0.2) is 35.5 Å². The van der Waals surface area contributed by atoms with Crippen molar-refractivity contribution in [2.75, 3.05) is 13.1 Å². The summed E-state index contributed by atoms with van der Waals surface area (Å²) in [5.41, 5.74) is -0.441. The summed E-state index contributed by atoms with van der Waals surface area (Å²) in [4.78, 5) is 24.6. The van der Waals surface area contributed by atoms with Crippen LogP contribution >= 0.6 is 0 Å². The fourth-order valence-electron chi connectivity index (χ4n) is 2.60. The molecule has 1 aliphatic heterocycles. The van der Waals surface area contributed by atoms with E-state index in [0.29, 0.717) is 24.9 Å². The zero-order valence-electron chi connectivity index (χ0n) is 10.3. The summed E-state index contributed by atoms with van der Waals surface area (Å²) in [7, 11) is 0. The second-order valence-electron chi connectivity index (χ2n) is 5.85. The molecule has 0 bridgehead atoms. The number of Topliss-reactive ketones (excluding diaryl/α,β-unsaturated/α-hetero) is 1. The molecule has 1 saturated carbocycles. The number of carbonyl (C=O) groups excluding carboxylic acids is 2. The molecule has 0 radical (unpaired) electrons. The molecule has 2 rings (SSSR count). The number of ether oxygens (including phenoxy) is 1. The van der Waals surface area contributed by atoms with Crippen molar-refractivity contribution < 1.29 is 14.3 Å². The average Bonchev–Trinajstić information content (AvgIpc) is 2.60. The molecule has 0 spiro atoms. The van der Waals surface area contributed by atoms with Crippen molar-refractivity contribution in [3.63, 3.8) is 0 Å². The normalized spacial score (nSPS) is 32.2. The Hall–Kier alpha value is -1.06. The van der Waals surface area contributed by atoms with Gasteiger partial charge in [-0.3, -0.25) is 4.79 Å². The van der Waals surface area contributed by atoms with Gasteiger partial charge in [-0.1, -0.05) is 0 Å². The third-order valence-corrected chi connectivity index (χ3v) is 3.32. The van der Waals surface area contributed by atoms with Crippen molar-refractivity contribution in [1.29, 1.82) is 0 Å². The van der Waals surface area contributed by atoms with Gasteiger partial charge in [-0.25, -0.2) is 4.79 Å². The van der Waals surface area contributed by atoms with Gasteiger partial charge in [0.05, 0.1) is 0 Å². The van der Waals surface area contributed by atoms with Crippen LogP contribution in [0.2, 0.25) is 0 Å². The van der Waals surface area contributed by atoms with Crippen molar-refractivity contribution in [3.8, 4) is 0 Å². The molecule has 2 fully saturated rings. The Balaban J connectivity index is 1.85. The van der Waals surface area contributed by atoms with E-state index in [2.05, 4.69) is 0 Å². The van der Waals surface area contributed by atoms with Crippen LogP contribution in [0, 0.1) is 17.8 Å². The zero-order chi connectivity index (χ0) is 12.1. The minimum atomic E-state index is -0.441. The molecule has 1 aliphatic carbocycles. The van der Waals surface area contributed by atoms with Gasteiger partial charge in [0.1, 0.15) is 11.4 Å². The summed E-state index contributed by atoms with van der Waals surface area (Å²) < 4.78 is 5.29. The van der Waals surface area contributed by atoms with Gasteiger partial charge in [0, 0.05) is 19.0 Å². The summed E-state index contributed by atoms with van der Waals surface area (Å²) in [6.45, 7) is 8.59. The van der Waals surface area contributed by atoms with E-state index in [4.69, 9.17) is 4.74 Å². The molecule has 0 aromatic rings. The molecule has 4 nitrogen and oxygen atoms in total. The highest BCUT2D eigenvalue weighted by atomic mass is 16.6. The lowest BCUT2D eigenvalue weighted by atomic mass is 10.2. The quantitative estimate of drug-likeness (QED) is 0.682. The third-order valence-electron chi connectivity index (χ3n) is 3.32. The second kappa shape index (κ2) is 3.47. The smallest absolute Gasteiger partial charge is 0.410 e. The van der Waals surface area contributed by atoms with E-state index in [1.807, 2.05) is 20.8 Å². The minimum Gasteiger partial charge on any atom is -0.444 e. The first-order valence-corrected chi connectivity index (χ1v) is 5.78. The first-order chi connectivity index (χ1) is 7.29. The number of hydrogen-bond acceptors (Lipinski definition) is 3. The van der Waals surface area contributed by atoms with Crippen molar-refractivity contribution in [1.82, 2.24) is 4.90 Å². The lowest BCUT2D eigenvalue weighted by Crippen LogP contribution is -2.37. The summed E-state index contributed by atoms with van der Waals surface area (Å²) in [5.74, 6) is 1.26. The highest BCUT2D eigenvalue weighted by molar-refractivity contribution is 5.83. The van der Waals surface area contributed by atoms with Gasteiger partial charge in [-0.15, -0.1) is 0 Å². The summed E-state index contributed by atoms with van der Waals surface area (Å²) in [5, 5.41) is 0. The Kier molecular flexibility index (Phi) is 2.48. The molecule has 0 N–H and O–H groups in total. The fraction of sp³-hybridized carbons (Fsp3) is 0.833. The van der Waals surface area contributed by atoms with Crippen LogP contribution in [-0.2, 0) is 9.53 Å². The van der Waals surface area contributed by atoms with E-state index in [0.717, 1.165) is 0 Å². The molecule has 16 heavy (non-hydrogen) atoms. The van der Waals surface area contributed by atoms with Crippen LogP contribution in [0.1, 0.15) is 27.7 Å². The second-order valence-corrected chi connectivity index (χ2v) is 5.85. The van der Waals surface area contributed by atoms with E-state index < -0.39 is 5.60 Å². The number of hydrogen-bond donors (Lipinski definition) is 0. The minimum absolute atomic E-state index is 0.207. The van der Waals surface area contributed by atoms with E-state index >= 15 is 0 Å². The van der Waals surface area contributed by atoms with E-state index in [1.165, 1.54) is 0 Å². The van der Waals surface area contributed by atoms with Gasteiger partial charge in [0.25, 0.3) is 0 Å². The van der Waals surface area contributed by atoms with Gasteiger partial charge in [-0.05, 0) is 39.5 Å². The number of rotatable bonds is 1. The molecule has 2 atom stereocenters. The number of ketones is 1. The summed E-state index contributed by atoms with van der Waals surface area (Å²) in [6.07, 6.45) is -0.248. The number of carbonyl (C=O) groups is 2. The maximum Gasteiger partial charge on any atom is 0.410 e. The maximum absolute atomic E-state index is 11.7. The van der Waals surface area contributed by atoms with Gasteiger partial charge in [0.2, 0.25) is 0 Å².